The molecule has 5 rings (SSSR count). The van der Waals surface area contributed by atoms with Gasteiger partial charge < -0.3 is 19.5 Å². The molecule has 1 atom stereocenters. The number of fused-ring (bicyclic) bond motifs is 1. The molecule has 3 aromatic rings. The van der Waals surface area contributed by atoms with E-state index in [4.69, 9.17) is 14.2 Å². The van der Waals surface area contributed by atoms with Gasteiger partial charge in [-0.3, -0.25) is 4.90 Å². The summed E-state index contributed by atoms with van der Waals surface area (Å²) in [7, 11) is 1.37. The van der Waals surface area contributed by atoms with Crippen LogP contribution in [0, 0.1) is 0 Å². The van der Waals surface area contributed by atoms with E-state index in [-0.39, 0.29) is 25.0 Å². The van der Waals surface area contributed by atoms with E-state index in [1.807, 2.05) is 50.2 Å². The Bertz CT molecular complexity index is 1400. The third-order valence-corrected chi connectivity index (χ3v) is 8.23. The molecule has 9 heteroatoms. The Morgan fingerprint density at radius 2 is 1.88 bits per heavy atom. The van der Waals surface area contributed by atoms with Crippen molar-refractivity contribution in [3.8, 4) is 0 Å². The topological polar surface area (TPSA) is 72.9 Å². The highest BCUT2D eigenvalue weighted by molar-refractivity contribution is 7.22. The van der Waals surface area contributed by atoms with E-state index in [1.165, 1.54) is 7.11 Å². The lowest BCUT2D eigenvalue weighted by Gasteiger charge is -2.38. The molecule has 7 nitrogen and oxygen atoms in total. The summed E-state index contributed by atoms with van der Waals surface area (Å²) in [5, 5.41) is 4.38. The molecule has 1 saturated heterocycles. The number of carbonyl (C=O) groups excluding carboxylic acids is 1. The summed E-state index contributed by atoms with van der Waals surface area (Å²) in [6.07, 6.45) is 3.60. The maximum absolute atomic E-state index is 16.5. The number of nitrogens with zero attached hydrogens (tertiary/aromatic N) is 2. The van der Waals surface area contributed by atoms with Gasteiger partial charge in [0.05, 0.1) is 41.7 Å². The first-order chi connectivity index (χ1) is 19.4. The molecule has 2 aliphatic rings. The highest BCUT2D eigenvalue weighted by atomic mass is 32.1. The number of hydrogen-bond acceptors (Lipinski definition) is 8. The molecule has 212 valence electrons. The van der Waals surface area contributed by atoms with Gasteiger partial charge in [-0.25, -0.2) is 14.2 Å². The normalized spacial score (nSPS) is 20.4. The number of benzene rings is 2. The first kappa shape index (κ1) is 28.1. The van der Waals surface area contributed by atoms with Gasteiger partial charge in [0.2, 0.25) is 0 Å². The summed E-state index contributed by atoms with van der Waals surface area (Å²) in [6, 6.07) is 15.6. The number of halogens is 1. The van der Waals surface area contributed by atoms with Gasteiger partial charge in [-0.1, -0.05) is 41.7 Å². The molecule has 1 aliphatic carbocycles. The summed E-state index contributed by atoms with van der Waals surface area (Å²) in [5.74, 6) is 0.822. The minimum atomic E-state index is -1.59. The molecule has 40 heavy (non-hydrogen) atoms. The molecule has 2 heterocycles. The fourth-order valence-electron chi connectivity index (χ4n) is 5.44. The Morgan fingerprint density at radius 3 is 2.58 bits per heavy atom. The molecule has 0 spiro atoms. The average molecular weight is 566 g/mol. The van der Waals surface area contributed by atoms with Crippen LogP contribution in [0.4, 0.5) is 9.52 Å². The van der Waals surface area contributed by atoms with Crippen LogP contribution in [-0.4, -0.2) is 67.5 Å². The van der Waals surface area contributed by atoms with Crippen molar-refractivity contribution < 1.29 is 23.4 Å². The molecule has 0 saturated carbocycles. The Labute approximate surface area is 238 Å². The zero-order valence-electron chi connectivity index (χ0n) is 23.2. The van der Waals surface area contributed by atoms with E-state index in [2.05, 4.69) is 15.2 Å². The fraction of sp³-hybridized carbons (Fsp3) is 0.419. The molecule has 0 radical (unpaired) electrons. The van der Waals surface area contributed by atoms with Crippen LogP contribution in [0.3, 0.4) is 0 Å². The maximum Gasteiger partial charge on any atom is 0.337 e. The van der Waals surface area contributed by atoms with Gasteiger partial charge in [-0.2, -0.15) is 0 Å². The number of nitrogens with one attached hydrogen (secondary N) is 1. The van der Waals surface area contributed by atoms with E-state index >= 15 is 4.39 Å². The molecular weight excluding hydrogens is 529 g/mol. The van der Waals surface area contributed by atoms with Crippen molar-refractivity contribution in [1.29, 1.82) is 0 Å². The Kier molecular flexibility index (Phi) is 8.71. The number of thiazole rings is 1. The monoisotopic (exact) mass is 565 g/mol. The van der Waals surface area contributed by atoms with Crippen molar-refractivity contribution >= 4 is 38.2 Å². The number of ether oxygens (including phenoxy) is 3. The number of allylic oxidation sites excluding steroid dienone is 2. The number of alkyl halides is 1. The summed E-state index contributed by atoms with van der Waals surface area (Å²) in [5.41, 5.74) is 1.49. The van der Waals surface area contributed by atoms with E-state index in [1.54, 1.807) is 29.5 Å². The van der Waals surface area contributed by atoms with Crippen molar-refractivity contribution in [2.45, 2.75) is 44.8 Å². The second-order valence-corrected chi connectivity index (χ2v) is 11.2. The summed E-state index contributed by atoms with van der Waals surface area (Å²) >= 11 is 1.57. The highest BCUT2D eigenvalue weighted by Crippen LogP contribution is 2.41. The predicted octanol–water partition coefficient (Wildman–Crippen LogP) is 6.44. The molecular formula is C31H36FN3O4S. The largest absolute Gasteiger partial charge is 0.497 e. The number of aromatic nitrogens is 1. The molecule has 1 fully saturated rings. The van der Waals surface area contributed by atoms with Crippen molar-refractivity contribution in [1.82, 2.24) is 9.88 Å². The summed E-state index contributed by atoms with van der Waals surface area (Å²) < 4.78 is 34.3. The van der Waals surface area contributed by atoms with Crippen molar-refractivity contribution in [3.05, 3.63) is 77.3 Å². The van der Waals surface area contributed by atoms with Crippen LogP contribution in [0.15, 0.2) is 66.1 Å². The number of rotatable bonds is 10. The first-order valence-corrected chi connectivity index (χ1v) is 14.7. The van der Waals surface area contributed by atoms with Crippen LogP contribution in [0.1, 0.15) is 49.0 Å². The zero-order valence-corrected chi connectivity index (χ0v) is 24.1. The van der Waals surface area contributed by atoms with Crippen molar-refractivity contribution in [2.24, 2.45) is 0 Å². The van der Waals surface area contributed by atoms with Gasteiger partial charge in [0.15, 0.2) is 10.8 Å². The van der Waals surface area contributed by atoms with Gasteiger partial charge in [0, 0.05) is 32.1 Å². The molecule has 1 N–H and O–H groups in total. The van der Waals surface area contributed by atoms with Crippen LogP contribution < -0.4 is 5.32 Å². The molecule has 1 aromatic heterocycles. The van der Waals surface area contributed by atoms with E-state index in [9.17, 15) is 4.79 Å². The first-order valence-electron chi connectivity index (χ1n) is 13.9. The van der Waals surface area contributed by atoms with Crippen LogP contribution in [0.25, 0.3) is 15.8 Å². The van der Waals surface area contributed by atoms with Crippen LogP contribution in [0.2, 0.25) is 0 Å². The number of hydrogen-bond donors (Lipinski definition) is 1. The second kappa shape index (κ2) is 12.4. The predicted molar refractivity (Wildman–Crippen MR) is 157 cm³/mol. The average Bonchev–Trinajstić information content (AvgIpc) is 3.36. The number of anilines is 1. The Balaban J connectivity index is 1.24. The SMILES string of the molecule is CCOC1=CC(F)(CN2CCC(Nc3nc4cc(C(=O)OC)ccc4s3)CC2)CC(OCC)=C1c1ccccc1. The van der Waals surface area contributed by atoms with Crippen molar-refractivity contribution in [3.63, 3.8) is 0 Å². The number of methoxy groups -OCH3 is 1. The minimum Gasteiger partial charge on any atom is -0.497 e. The highest BCUT2D eigenvalue weighted by Gasteiger charge is 2.39. The smallest absolute Gasteiger partial charge is 0.337 e. The Morgan fingerprint density at radius 1 is 1.12 bits per heavy atom. The lowest BCUT2D eigenvalue weighted by atomic mass is 9.86. The van der Waals surface area contributed by atoms with Crippen LogP contribution >= 0.6 is 11.3 Å². The molecule has 0 bridgehead atoms. The minimum absolute atomic E-state index is 0.180. The molecule has 0 amide bonds. The van der Waals surface area contributed by atoms with E-state index in [0.717, 1.165) is 52.4 Å². The molecule has 2 aromatic carbocycles. The van der Waals surface area contributed by atoms with Crippen LogP contribution in [-0.2, 0) is 14.2 Å². The van der Waals surface area contributed by atoms with Gasteiger partial charge in [0.1, 0.15) is 11.5 Å². The van der Waals surface area contributed by atoms with Gasteiger partial charge in [0.25, 0.3) is 0 Å². The quantitative estimate of drug-likeness (QED) is 0.284. The summed E-state index contributed by atoms with van der Waals surface area (Å²) in [4.78, 5) is 18.7. The van der Waals surface area contributed by atoms with E-state index in [0.29, 0.717) is 30.3 Å². The van der Waals surface area contributed by atoms with Gasteiger partial charge in [-0.05, 0) is 56.5 Å². The van der Waals surface area contributed by atoms with Gasteiger partial charge >= 0.3 is 5.97 Å². The number of likely N-dealkylation sites (tertiary alicyclic amines) is 1. The summed E-state index contributed by atoms with van der Waals surface area (Å²) in [6.45, 7) is 6.59. The van der Waals surface area contributed by atoms with Crippen molar-refractivity contribution in [2.75, 3.05) is 45.3 Å². The van der Waals surface area contributed by atoms with E-state index < -0.39 is 5.67 Å². The third-order valence-electron chi connectivity index (χ3n) is 7.26. The molecule has 1 unspecified atom stereocenters. The second-order valence-electron chi connectivity index (χ2n) is 10.1. The zero-order chi connectivity index (χ0) is 28.1. The standard InChI is InChI=1S/C31H36FN3O4S/c1-4-38-25-18-31(32,19-26(39-5-2)28(25)21-9-7-6-8-10-21)20-35-15-13-23(14-16-35)33-30-34-24-17-22(29(36)37-3)11-12-27(24)40-30/h6-12,17-18,23H,4-5,13-16,19-20H2,1-3H3,(H,33,34). The number of esters is 1. The lowest BCUT2D eigenvalue weighted by molar-refractivity contribution is 0.0600. The molecule has 1 aliphatic heterocycles. The number of piperidine rings is 1. The van der Waals surface area contributed by atoms with Crippen LogP contribution in [0.5, 0.6) is 0 Å². The lowest BCUT2D eigenvalue weighted by Crippen LogP contribution is -2.46. The third kappa shape index (κ3) is 6.31. The Hall–Kier alpha value is -3.43. The number of carbonyl (C=O) groups is 1. The maximum atomic E-state index is 16.5. The fourth-order valence-corrected chi connectivity index (χ4v) is 6.37. The van der Waals surface area contributed by atoms with Gasteiger partial charge in [-0.15, -0.1) is 0 Å².